The third-order valence-corrected chi connectivity index (χ3v) is 1.54. The lowest BCUT2D eigenvalue weighted by Crippen LogP contribution is -1.62. The van der Waals surface area contributed by atoms with Crippen LogP contribution in [0.3, 0.4) is 0 Å². The van der Waals surface area contributed by atoms with Gasteiger partial charge < -0.3 is 0 Å². The topological polar surface area (TPSA) is 12.9 Å². The van der Waals surface area contributed by atoms with E-state index in [4.69, 9.17) is 0 Å². The number of nitrogens with zero attached hydrogens (tertiary/aromatic N) is 1. The van der Waals surface area contributed by atoms with Gasteiger partial charge in [0, 0.05) is 34.2 Å². The highest BCUT2D eigenvalue weighted by Gasteiger charge is 1.82. The Kier molecular flexibility index (Phi) is 2.30. The summed E-state index contributed by atoms with van der Waals surface area (Å²) in [4.78, 5) is 3.95. The molecular weight excluding hydrogens is 233 g/mol. The van der Waals surface area contributed by atoms with Crippen LogP contribution in [0.25, 0.3) is 0 Å². The van der Waals surface area contributed by atoms with Crippen LogP contribution in [0.4, 0.5) is 0 Å². The summed E-state index contributed by atoms with van der Waals surface area (Å²) >= 11 is 3.55. The molecule has 1 rings (SSSR count). The quantitative estimate of drug-likeness (QED) is 0.494. The van der Waals surface area contributed by atoms with Gasteiger partial charge in [-0.3, -0.25) is 0 Å². The van der Waals surface area contributed by atoms with Gasteiger partial charge in [-0.05, 0) is 9.85 Å². The molecule has 1 aromatic heterocycles. The van der Waals surface area contributed by atoms with Crippen molar-refractivity contribution in [2.45, 2.75) is 0 Å². The van der Waals surface area contributed by atoms with E-state index in [1.54, 1.807) is 17.5 Å². The fourth-order valence-electron chi connectivity index (χ4n) is 0.326. The van der Waals surface area contributed by atoms with Crippen molar-refractivity contribution in [1.29, 1.82) is 0 Å². The van der Waals surface area contributed by atoms with Crippen LogP contribution in [0, 0.1) is 9.85 Å². The first kappa shape index (κ1) is 6.05. The van der Waals surface area contributed by atoms with E-state index in [1.165, 1.54) is 0 Å². The van der Waals surface area contributed by atoms with Crippen molar-refractivity contribution in [3.05, 3.63) is 16.6 Å². The zero-order valence-corrected chi connectivity index (χ0v) is 6.86. The minimum Gasteiger partial charge on any atom is -0.236 e. The van der Waals surface area contributed by atoms with Crippen molar-refractivity contribution in [3.63, 3.8) is 0 Å². The van der Waals surface area contributed by atoms with Gasteiger partial charge in [0.05, 0.1) is 0 Å². The monoisotopic (exact) mass is 235 g/mol. The number of halogens is 1. The SMILES string of the molecule is IC#Cc1nccs1. The second-order valence-corrected chi connectivity index (χ2v) is 2.49. The van der Waals surface area contributed by atoms with E-state index in [-0.39, 0.29) is 0 Å². The zero-order chi connectivity index (χ0) is 5.82. The average molecular weight is 235 g/mol. The first-order valence-electron chi connectivity index (χ1n) is 1.94. The summed E-state index contributed by atoms with van der Waals surface area (Å²) in [5.41, 5.74) is 0. The Morgan fingerprint density at radius 2 is 2.62 bits per heavy atom. The molecule has 0 radical (unpaired) electrons. The maximum atomic E-state index is 3.95. The Morgan fingerprint density at radius 1 is 1.75 bits per heavy atom. The highest BCUT2D eigenvalue weighted by molar-refractivity contribution is 14.1. The van der Waals surface area contributed by atoms with E-state index >= 15 is 0 Å². The van der Waals surface area contributed by atoms with Crippen molar-refractivity contribution < 1.29 is 0 Å². The average Bonchev–Trinajstić information content (AvgIpc) is 2.19. The molecule has 0 N–H and O–H groups in total. The summed E-state index contributed by atoms with van der Waals surface area (Å²) in [6.07, 6.45) is 1.75. The molecule has 0 bridgehead atoms. The van der Waals surface area contributed by atoms with Crippen molar-refractivity contribution in [1.82, 2.24) is 4.98 Å². The maximum Gasteiger partial charge on any atom is 0.167 e. The fraction of sp³-hybridized carbons (Fsp3) is 0. The lowest BCUT2D eigenvalue weighted by molar-refractivity contribution is 1.39. The van der Waals surface area contributed by atoms with Crippen LogP contribution in [0.15, 0.2) is 11.6 Å². The number of rotatable bonds is 0. The smallest absolute Gasteiger partial charge is 0.167 e. The molecule has 1 nitrogen and oxygen atoms in total. The van der Waals surface area contributed by atoms with Crippen LogP contribution in [0.5, 0.6) is 0 Å². The highest BCUT2D eigenvalue weighted by atomic mass is 127. The molecule has 0 spiro atoms. The molecule has 0 amide bonds. The molecule has 0 saturated heterocycles. The molecule has 0 aliphatic rings. The third kappa shape index (κ3) is 1.46. The van der Waals surface area contributed by atoms with Gasteiger partial charge in [-0.1, -0.05) is 0 Å². The summed E-state index contributed by atoms with van der Waals surface area (Å²) < 4.78 is 2.74. The zero-order valence-electron chi connectivity index (χ0n) is 3.89. The summed E-state index contributed by atoms with van der Waals surface area (Å²) in [5.74, 6) is 2.83. The first-order valence-corrected chi connectivity index (χ1v) is 3.90. The predicted octanol–water partition coefficient (Wildman–Crippen LogP) is 1.89. The lowest BCUT2D eigenvalue weighted by Gasteiger charge is -1.67. The number of aromatic nitrogens is 1. The summed E-state index contributed by atoms with van der Waals surface area (Å²) in [7, 11) is 0. The molecule has 0 aromatic carbocycles. The van der Waals surface area contributed by atoms with Gasteiger partial charge in [-0.15, -0.1) is 11.3 Å². The second-order valence-electron chi connectivity index (χ2n) is 1.06. The standard InChI is InChI=1S/C5H2INS/c6-2-1-5-7-3-4-8-5/h3-4H. The van der Waals surface area contributed by atoms with E-state index < -0.39 is 0 Å². The van der Waals surface area contributed by atoms with Crippen LogP contribution < -0.4 is 0 Å². The first-order chi connectivity index (χ1) is 3.93. The van der Waals surface area contributed by atoms with Crippen LogP contribution in [-0.2, 0) is 0 Å². The van der Waals surface area contributed by atoms with Crippen LogP contribution in [0.2, 0.25) is 0 Å². The molecule has 0 atom stereocenters. The molecule has 8 heavy (non-hydrogen) atoms. The second kappa shape index (κ2) is 3.05. The van der Waals surface area contributed by atoms with Gasteiger partial charge in [-0.25, -0.2) is 4.98 Å². The molecule has 0 unspecified atom stereocenters. The molecule has 0 fully saturated rings. The normalized spacial score (nSPS) is 7.62. The van der Waals surface area contributed by atoms with E-state index in [1.807, 2.05) is 28.0 Å². The molecular formula is C5H2INS. The van der Waals surface area contributed by atoms with E-state index in [0.29, 0.717) is 0 Å². The van der Waals surface area contributed by atoms with Gasteiger partial charge in [-0.2, -0.15) is 0 Å². The third-order valence-electron chi connectivity index (χ3n) is 0.586. The Morgan fingerprint density at radius 3 is 3.12 bits per heavy atom. The highest BCUT2D eigenvalue weighted by Crippen LogP contribution is 2.00. The van der Waals surface area contributed by atoms with Gasteiger partial charge in [0.15, 0.2) is 5.01 Å². The van der Waals surface area contributed by atoms with Crippen molar-refractivity contribution in [2.75, 3.05) is 0 Å². The molecule has 1 aromatic rings. The van der Waals surface area contributed by atoms with Gasteiger partial charge in [0.1, 0.15) is 0 Å². The summed E-state index contributed by atoms with van der Waals surface area (Å²) in [6.45, 7) is 0. The van der Waals surface area contributed by atoms with E-state index in [2.05, 4.69) is 14.8 Å². The fourth-order valence-corrected chi connectivity index (χ4v) is 1.25. The Hall–Kier alpha value is -0.0800. The maximum absolute atomic E-state index is 3.95. The van der Waals surface area contributed by atoms with Gasteiger partial charge >= 0.3 is 0 Å². The van der Waals surface area contributed by atoms with Gasteiger partial charge in [0.2, 0.25) is 0 Å². The van der Waals surface area contributed by atoms with Gasteiger partial charge in [0.25, 0.3) is 0 Å². The van der Waals surface area contributed by atoms with E-state index in [0.717, 1.165) is 5.01 Å². The summed E-state index contributed by atoms with van der Waals surface area (Å²) in [6, 6.07) is 0. The summed E-state index contributed by atoms with van der Waals surface area (Å²) in [5, 5.41) is 2.80. The van der Waals surface area contributed by atoms with Crippen molar-refractivity contribution >= 4 is 33.9 Å². The van der Waals surface area contributed by atoms with Crippen LogP contribution in [0.1, 0.15) is 5.01 Å². The number of hydrogen-bond donors (Lipinski definition) is 0. The Labute approximate surface area is 65.3 Å². The Balaban J connectivity index is 2.88. The molecule has 1 heterocycles. The molecule has 0 aliphatic heterocycles. The lowest BCUT2D eigenvalue weighted by atomic mass is 10.7. The molecule has 3 heteroatoms. The molecule has 0 saturated carbocycles. The minimum absolute atomic E-state index is 0.888. The van der Waals surface area contributed by atoms with Crippen molar-refractivity contribution in [2.24, 2.45) is 0 Å². The predicted molar refractivity (Wildman–Crippen MR) is 43.0 cm³/mol. The minimum atomic E-state index is 0.888. The molecule has 40 valence electrons. The van der Waals surface area contributed by atoms with Crippen molar-refractivity contribution in [3.8, 4) is 9.85 Å². The van der Waals surface area contributed by atoms with Crippen LogP contribution >= 0.6 is 33.9 Å². The molecule has 0 aliphatic carbocycles. The number of thiazole rings is 1. The largest absolute Gasteiger partial charge is 0.236 e. The van der Waals surface area contributed by atoms with Crippen LogP contribution in [-0.4, -0.2) is 4.98 Å². The van der Waals surface area contributed by atoms with E-state index in [9.17, 15) is 0 Å². The Bertz CT molecular complexity index is 206. The number of hydrogen-bond acceptors (Lipinski definition) is 2.